The average Bonchev–Trinajstić information content (AvgIpc) is 2.75. The van der Waals surface area contributed by atoms with Crippen molar-refractivity contribution in [2.24, 2.45) is 5.92 Å². The van der Waals surface area contributed by atoms with Crippen molar-refractivity contribution in [3.8, 4) is 11.1 Å². The summed E-state index contributed by atoms with van der Waals surface area (Å²) in [6.07, 6.45) is 0. The van der Waals surface area contributed by atoms with E-state index in [1.54, 1.807) is 6.92 Å². The van der Waals surface area contributed by atoms with Gasteiger partial charge in [0.2, 0.25) is 0 Å². The fourth-order valence-corrected chi connectivity index (χ4v) is 3.32. The topological polar surface area (TPSA) is 67.8 Å². The maximum Gasteiger partial charge on any atom is 0.0811 e. The number of rotatable bonds is 6. The van der Waals surface area contributed by atoms with Crippen LogP contribution in [0.4, 0.5) is 0 Å². The molecule has 3 heteroatoms. The summed E-state index contributed by atoms with van der Waals surface area (Å²) in [5.74, 6) is -0.312. The number of hydrogen-bond donors (Lipinski definition) is 1. The molecule has 0 aliphatic heterocycles. The molecule has 0 heterocycles. The van der Waals surface area contributed by atoms with Crippen LogP contribution in [-0.4, -0.2) is 12.5 Å². The van der Waals surface area contributed by atoms with Gasteiger partial charge in [0, 0.05) is 17.8 Å². The van der Waals surface area contributed by atoms with Crippen LogP contribution in [0.1, 0.15) is 43.7 Å². The molecule has 0 unspecified atom stereocenters. The lowest BCUT2D eigenvalue weighted by molar-refractivity contribution is -0.374. The second-order valence-corrected chi connectivity index (χ2v) is 7.58. The van der Waals surface area contributed by atoms with Crippen molar-refractivity contribution >= 4 is 5.97 Å². The largest absolute Gasteiger partial charge is 0.550 e. The number of carbonyl (C=O) groups is 1. The van der Waals surface area contributed by atoms with Gasteiger partial charge in [-0.25, -0.2) is 0 Å². The Kier molecular flexibility index (Phi) is 8.63. The lowest BCUT2D eigenvalue weighted by Crippen LogP contribution is -2.53. The molecule has 0 aliphatic carbocycles. The van der Waals surface area contributed by atoms with Crippen LogP contribution in [0.5, 0.6) is 0 Å². The molecule has 0 aromatic heterocycles. The number of hydrogen-bond acceptors (Lipinski definition) is 2. The van der Waals surface area contributed by atoms with Gasteiger partial charge in [-0.3, -0.25) is 0 Å². The minimum absolute atomic E-state index is 0.570. The van der Waals surface area contributed by atoms with Gasteiger partial charge in [-0.1, -0.05) is 106 Å². The molecule has 2 atom stereocenters. The highest BCUT2D eigenvalue weighted by Crippen LogP contribution is 2.23. The van der Waals surface area contributed by atoms with E-state index in [0.717, 1.165) is 23.2 Å². The first-order valence-electron chi connectivity index (χ1n) is 10.1. The molecule has 0 spiro atoms. The van der Waals surface area contributed by atoms with E-state index in [4.69, 9.17) is 0 Å². The van der Waals surface area contributed by atoms with Crippen LogP contribution in [-0.2, 0) is 4.79 Å². The first-order chi connectivity index (χ1) is 13.9. The molecule has 0 bridgehead atoms. The summed E-state index contributed by atoms with van der Waals surface area (Å²) in [5.41, 5.74) is 8.38. The second kappa shape index (κ2) is 11.2. The number of carboxylic acids is 1. The highest BCUT2D eigenvalue weighted by Gasteiger charge is 2.14. The molecule has 3 aromatic rings. The van der Waals surface area contributed by atoms with E-state index < -0.39 is 11.9 Å². The summed E-state index contributed by atoms with van der Waals surface area (Å²) in [5, 5.41) is 10.7. The van der Waals surface area contributed by atoms with Crippen LogP contribution in [0.3, 0.4) is 0 Å². The Morgan fingerprint density at radius 2 is 1.24 bits per heavy atom. The fraction of sp³-hybridized carbons (Fsp3) is 0.269. The number of carboxylic acid groups (broad SMARTS) is 1. The van der Waals surface area contributed by atoms with Crippen molar-refractivity contribution < 1.29 is 15.6 Å². The summed E-state index contributed by atoms with van der Waals surface area (Å²) in [7, 11) is 0. The Labute approximate surface area is 174 Å². The lowest BCUT2D eigenvalue weighted by atomic mass is 9.89. The van der Waals surface area contributed by atoms with Crippen LogP contribution in [0.15, 0.2) is 84.9 Å². The second-order valence-electron chi connectivity index (χ2n) is 7.58. The standard InChI is InChI=1S/C15H14O2.C11H17N/c1-11(15(16)17)12-7-9-14(10-8-12)13-5-3-2-4-6-13;1-9(2)11(8-12)10-6-4-3-5-7-10/h2-11H,1H3,(H,16,17);3-7,9,11H,8,12H2,1-2H3/t2*11-/m10/s1. The van der Waals surface area contributed by atoms with Crippen molar-refractivity contribution in [2.75, 3.05) is 6.54 Å². The van der Waals surface area contributed by atoms with Gasteiger partial charge in [0.15, 0.2) is 0 Å². The predicted octanol–water partition coefficient (Wildman–Crippen LogP) is 3.88. The van der Waals surface area contributed by atoms with Gasteiger partial charge in [-0.15, -0.1) is 0 Å². The summed E-state index contributed by atoms with van der Waals surface area (Å²) < 4.78 is 0. The third-order valence-corrected chi connectivity index (χ3v) is 5.21. The zero-order chi connectivity index (χ0) is 21.2. The molecule has 0 saturated carbocycles. The van der Waals surface area contributed by atoms with Gasteiger partial charge in [0.25, 0.3) is 0 Å². The number of aliphatic carboxylic acids is 1. The maximum atomic E-state index is 10.7. The molecule has 0 aliphatic rings. The van der Waals surface area contributed by atoms with Crippen LogP contribution in [0, 0.1) is 5.92 Å². The van der Waals surface area contributed by atoms with E-state index >= 15 is 0 Å². The Hall–Kier alpha value is -2.91. The molecule has 152 valence electrons. The lowest BCUT2D eigenvalue weighted by Gasteiger charge is -2.16. The van der Waals surface area contributed by atoms with Crippen LogP contribution in [0.2, 0.25) is 0 Å². The first-order valence-corrected chi connectivity index (χ1v) is 10.1. The van der Waals surface area contributed by atoms with E-state index in [-0.39, 0.29) is 0 Å². The Bertz CT molecular complexity index is 858. The zero-order valence-corrected chi connectivity index (χ0v) is 17.5. The molecule has 0 fully saturated rings. The molecule has 0 radical (unpaired) electrons. The van der Waals surface area contributed by atoms with Crippen molar-refractivity contribution in [3.63, 3.8) is 0 Å². The highest BCUT2D eigenvalue weighted by atomic mass is 16.4. The minimum Gasteiger partial charge on any atom is -0.550 e. The van der Waals surface area contributed by atoms with Crippen LogP contribution < -0.4 is 10.8 Å². The highest BCUT2D eigenvalue weighted by molar-refractivity contribution is 5.74. The normalized spacial score (nSPS) is 12.6. The van der Waals surface area contributed by atoms with Crippen molar-refractivity contribution in [3.05, 3.63) is 96.1 Å². The molecular weight excluding hydrogens is 358 g/mol. The van der Waals surface area contributed by atoms with Gasteiger partial charge in [0.05, 0.1) is 6.54 Å². The monoisotopic (exact) mass is 389 g/mol. The summed E-state index contributed by atoms with van der Waals surface area (Å²) in [4.78, 5) is 10.7. The third-order valence-electron chi connectivity index (χ3n) is 5.21. The summed E-state index contributed by atoms with van der Waals surface area (Å²) in [6, 6.07) is 28.2. The molecule has 3 aromatic carbocycles. The molecule has 0 amide bonds. The van der Waals surface area contributed by atoms with E-state index in [0.29, 0.717) is 11.8 Å². The number of benzene rings is 3. The average molecular weight is 390 g/mol. The van der Waals surface area contributed by atoms with Crippen LogP contribution in [0.25, 0.3) is 11.1 Å². The van der Waals surface area contributed by atoms with Crippen molar-refractivity contribution in [1.82, 2.24) is 0 Å². The van der Waals surface area contributed by atoms with Gasteiger partial charge in [-0.2, -0.15) is 0 Å². The molecular formula is C26H31NO2. The van der Waals surface area contributed by atoms with E-state index in [2.05, 4.69) is 49.9 Å². The molecule has 3 N–H and O–H groups in total. The zero-order valence-electron chi connectivity index (χ0n) is 17.5. The number of quaternary nitrogens is 1. The Morgan fingerprint density at radius 3 is 1.69 bits per heavy atom. The Morgan fingerprint density at radius 1 is 0.759 bits per heavy atom. The molecule has 3 nitrogen and oxygen atoms in total. The Balaban J connectivity index is 0.000000221. The van der Waals surface area contributed by atoms with Gasteiger partial charge < -0.3 is 15.6 Å². The van der Waals surface area contributed by atoms with E-state index in [1.165, 1.54) is 5.56 Å². The quantitative estimate of drug-likeness (QED) is 0.695. The number of carbonyl (C=O) groups excluding carboxylic acids is 1. The third kappa shape index (κ3) is 6.58. The molecule has 29 heavy (non-hydrogen) atoms. The fourth-order valence-electron chi connectivity index (χ4n) is 3.32. The summed E-state index contributed by atoms with van der Waals surface area (Å²) >= 11 is 0. The van der Waals surface area contributed by atoms with Gasteiger partial charge in [-0.05, 0) is 28.2 Å². The van der Waals surface area contributed by atoms with Gasteiger partial charge in [0.1, 0.15) is 0 Å². The van der Waals surface area contributed by atoms with Gasteiger partial charge >= 0.3 is 0 Å². The SMILES string of the molecule is CC(C)[C@H](C[NH3+])c1ccccc1.C[C@@H](C(=O)[O-])c1ccc(-c2ccccc2)cc1. The maximum absolute atomic E-state index is 10.7. The molecule has 0 saturated heterocycles. The van der Waals surface area contributed by atoms with Crippen molar-refractivity contribution in [2.45, 2.75) is 32.6 Å². The van der Waals surface area contributed by atoms with E-state index in [9.17, 15) is 9.90 Å². The molecule has 3 rings (SSSR count). The smallest absolute Gasteiger partial charge is 0.0811 e. The predicted molar refractivity (Wildman–Crippen MR) is 117 cm³/mol. The van der Waals surface area contributed by atoms with Crippen molar-refractivity contribution in [1.29, 1.82) is 0 Å². The van der Waals surface area contributed by atoms with Crippen LogP contribution >= 0.6 is 0 Å². The minimum atomic E-state index is -1.04. The summed E-state index contributed by atoms with van der Waals surface area (Å²) in [6.45, 7) is 7.13. The van der Waals surface area contributed by atoms with E-state index in [1.807, 2.05) is 54.6 Å². The first kappa shape index (κ1) is 22.4.